The van der Waals surface area contributed by atoms with Gasteiger partial charge >= 0.3 is 0 Å². The molecule has 0 spiro atoms. The average Bonchev–Trinajstić information content (AvgIpc) is 2.52. The molecule has 2 N–H and O–H groups in total. The summed E-state index contributed by atoms with van der Waals surface area (Å²) in [5.74, 6) is 0.115. The molecular weight excluding hydrogens is 200 g/mol. The maximum atomic E-state index is 11.1. The van der Waals surface area contributed by atoms with Crippen LogP contribution < -0.4 is 5.32 Å². The molecule has 5 nitrogen and oxygen atoms in total. The van der Waals surface area contributed by atoms with E-state index in [4.69, 9.17) is 12.2 Å². The molecule has 0 saturated carbocycles. The van der Waals surface area contributed by atoms with E-state index in [1.165, 1.54) is 0 Å². The lowest BCUT2D eigenvalue weighted by atomic mass is 9.99. The number of H-pyrrole nitrogens is 1. The van der Waals surface area contributed by atoms with E-state index in [1.807, 2.05) is 11.5 Å². The summed E-state index contributed by atoms with van der Waals surface area (Å²) in [5.41, 5.74) is 0. The number of rotatable bonds is 1. The first-order valence-corrected chi connectivity index (χ1v) is 5.00. The van der Waals surface area contributed by atoms with Gasteiger partial charge < -0.3 is 9.88 Å². The number of piperidine rings is 1. The normalized spacial score (nSPS) is 27.4. The van der Waals surface area contributed by atoms with Crippen LogP contribution in [0.3, 0.4) is 0 Å². The van der Waals surface area contributed by atoms with Gasteiger partial charge in [-0.1, -0.05) is 0 Å². The summed E-state index contributed by atoms with van der Waals surface area (Å²) < 4.78 is 2.51. The highest BCUT2D eigenvalue weighted by atomic mass is 32.1. The van der Waals surface area contributed by atoms with Crippen molar-refractivity contribution in [2.24, 2.45) is 0 Å². The zero-order valence-corrected chi connectivity index (χ0v) is 8.67. The second-order valence-corrected chi connectivity index (χ2v) is 3.92. The molecule has 1 aromatic rings. The average molecular weight is 212 g/mol. The molecule has 2 rings (SSSR count). The molecule has 1 aromatic heterocycles. The van der Waals surface area contributed by atoms with E-state index >= 15 is 0 Å². The van der Waals surface area contributed by atoms with Crippen molar-refractivity contribution in [3.05, 3.63) is 11.1 Å². The Balaban J connectivity index is 2.24. The third kappa shape index (κ3) is 1.57. The van der Waals surface area contributed by atoms with Crippen LogP contribution in [-0.4, -0.2) is 26.7 Å². The van der Waals surface area contributed by atoms with Crippen molar-refractivity contribution in [3.8, 4) is 0 Å². The Bertz CT molecular complexity index is 396. The molecule has 0 bridgehead atoms. The van der Waals surface area contributed by atoms with Gasteiger partial charge in [0.05, 0.1) is 6.04 Å². The third-order valence-electron chi connectivity index (χ3n) is 2.57. The second kappa shape index (κ2) is 3.53. The van der Waals surface area contributed by atoms with Crippen LogP contribution >= 0.6 is 12.2 Å². The Kier molecular flexibility index (Phi) is 2.37. The highest BCUT2D eigenvalue weighted by Crippen LogP contribution is 2.22. The Morgan fingerprint density at radius 1 is 1.71 bits per heavy atom. The molecule has 0 aromatic carbocycles. The van der Waals surface area contributed by atoms with E-state index in [0.717, 1.165) is 6.42 Å². The fourth-order valence-electron chi connectivity index (χ4n) is 1.82. The molecule has 1 saturated heterocycles. The smallest absolute Gasteiger partial charge is 0.220 e. The van der Waals surface area contributed by atoms with Gasteiger partial charge in [0.25, 0.3) is 0 Å². The molecule has 2 heterocycles. The van der Waals surface area contributed by atoms with Crippen LogP contribution in [0.2, 0.25) is 0 Å². The van der Waals surface area contributed by atoms with Gasteiger partial charge in [-0.25, -0.2) is 0 Å². The van der Waals surface area contributed by atoms with Crippen molar-refractivity contribution in [1.29, 1.82) is 0 Å². The van der Waals surface area contributed by atoms with Crippen molar-refractivity contribution < 1.29 is 4.79 Å². The van der Waals surface area contributed by atoms with Gasteiger partial charge in [-0.2, -0.15) is 5.10 Å². The van der Waals surface area contributed by atoms with Crippen molar-refractivity contribution >= 4 is 18.1 Å². The highest BCUT2D eigenvalue weighted by molar-refractivity contribution is 7.71. The number of hydrogen-bond donors (Lipinski definition) is 2. The SMILES string of the molecule is CC1NC(=O)CCC1n1cn[nH]c1=S. The van der Waals surface area contributed by atoms with Crippen LogP contribution in [0.1, 0.15) is 25.8 Å². The predicted octanol–water partition coefficient (Wildman–Crippen LogP) is 0.780. The van der Waals surface area contributed by atoms with E-state index < -0.39 is 0 Å². The number of nitrogens with one attached hydrogen (secondary N) is 2. The lowest BCUT2D eigenvalue weighted by Gasteiger charge is -2.29. The standard InChI is InChI=1S/C8H12N4OS/c1-5-6(2-3-7(13)10-5)12-4-9-11-8(12)14/h4-6H,2-3H2,1H3,(H,10,13)(H,11,14). The molecule has 14 heavy (non-hydrogen) atoms. The Labute approximate surface area is 86.5 Å². The van der Waals surface area contributed by atoms with Crippen molar-refractivity contribution in [2.75, 3.05) is 0 Å². The van der Waals surface area contributed by atoms with Crippen LogP contribution in [0, 0.1) is 4.77 Å². The van der Waals surface area contributed by atoms with Crippen molar-refractivity contribution in [2.45, 2.75) is 31.8 Å². The fraction of sp³-hybridized carbons (Fsp3) is 0.625. The summed E-state index contributed by atoms with van der Waals surface area (Å²) in [6.07, 6.45) is 3.06. The minimum absolute atomic E-state index is 0.112. The van der Waals surface area contributed by atoms with Gasteiger partial charge in [-0.3, -0.25) is 9.89 Å². The van der Waals surface area contributed by atoms with Gasteiger partial charge in [-0.05, 0) is 25.6 Å². The van der Waals surface area contributed by atoms with Gasteiger partial charge in [0.1, 0.15) is 6.33 Å². The molecule has 0 aliphatic carbocycles. The van der Waals surface area contributed by atoms with E-state index in [2.05, 4.69) is 15.5 Å². The highest BCUT2D eigenvalue weighted by Gasteiger charge is 2.26. The molecule has 1 fully saturated rings. The first kappa shape index (κ1) is 9.39. The van der Waals surface area contributed by atoms with Gasteiger partial charge in [0.15, 0.2) is 4.77 Å². The summed E-state index contributed by atoms with van der Waals surface area (Å²) >= 11 is 5.08. The maximum absolute atomic E-state index is 11.1. The van der Waals surface area contributed by atoms with E-state index in [9.17, 15) is 4.79 Å². The lowest BCUT2D eigenvalue weighted by molar-refractivity contribution is -0.123. The number of carbonyl (C=O) groups is 1. The summed E-state index contributed by atoms with van der Waals surface area (Å²) in [7, 11) is 0. The van der Waals surface area contributed by atoms with E-state index in [0.29, 0.717) is 11.2 Å². The molecule has 1 aliphatic rings. The summed E-state index contributed by atoms with van der Waals surface area (Å²) in [4.78, 5) is 11.1. The van der Waals surface area contributed by atoms with Gasteiger partial charge in [0, 0.05) is 12.5 Å². The minimum Gasteiger partial charge on any atom is -0.352 e. The van der Waals surface area contributed by atoms with Gasteiger partial charge in [-0.15, -0.1) is 0 Å². The molecule has 1 amide bonds. The first-order valence-electron chi connectivity index (χ1n) is 4.59. The van der Waals surface area contributed by atoms with E-state index in [1.54, 1.807) is 6.33 Å². The molecule has 6 heteroatoms. The molecule has 2 atom stereocenters. The zero-order valence-electron chi connectivity index (χ0n) is 7.86. The largest absolute Gasteiger partial charge is 0.352 e. The number of amides is 1. The monoisotopic (exact) mass is 212 g/mol. The molecule has 76 valence electrons. The fourth-order valence-corrected chi connectivity index (χ4v) is 2.06. The number of aromatic nitrogens is 3. The Morgan fingerprint density at radius 2 is 2.50 bits per heavy atom. The quantitative estimate of drug-likeness (QED) is 0.676. The molecule has 1 aliphatic heterocycles. The van der Waals surface area contributed by atoms with Crippen LogP contribution in [0.25, 0.3) is 0 Å². The van der Waals surface area contributed by atoms with Gasteiger partial charge in [0.2, 0.25) is 5.91 Å². The predicted molar refractivity (Wildman–Crippen MR) is 53.3 cm³/mol. The Morgan fingerprint density at radius 3 is 3.07 bits per heavy atom. The summed E-state index contributed by atoms with van der Waals surface area (Å²) in [6, 6.07) is 0.333. The van der Waals surface area contributed by atoms with Crippen molar-refractivity contribution in [3.63, 3.8) is 0 Å². The Hall–Kier alpha value is -1.17. The zero-order chi connectivity index (χ0) is 10.1. The summed E-state index contributed by atoms with van der Waals surface area (Å²) in [5, 5.41) is 9.48. The van der Waals surface area contributed by atoms with Crippen LogP contribution in [0.4, 0.5) is 0 Å². The topological polar surface area (TPSA) is 62.7 Å². The lowest BCUT2D eigenvalue weighted by Crippen LogP contribution is -2.43. The van der Waals surface area contributed by atoms with Crippen LogP contribution in [-0.2, 0) is 4.79 Å². The van der Waals surface area contributed by atoms with E-state index in [-0.39, 0.29) is 18.0 Å². The molecular formula is C8H12N4OS. The van der Waals surface area contributed by atoms with Crippen LogP contribution in [0.15, 0.2) is 6.33 Å². The number of nitrogens with zero attached hydrogens (tertiary/aromatic N) is 2. The first-order chi connectivity index (χ1) is 6.68. The third-order valence-corrected chi connectivity index (χ3v) is 2.87. The minimum atomic E-state index is 0.112. The number of carbonyl (C=O) groups excluding carboxylic acids is 1. The molecule has 2 unspecified atom stereocenters. The second-order valence-electron chi connectivity index (χ2n) is 3.53. The summed E-state index contributed by atoms with van der Waals surface area (Å²) in [6.45, 7) is 1.98. The van der Waals surface area contributed by atoms with Crippen molar-refractivity contribution in [1.82, 2.24) is 20.1 Å². The maximum Gasteiger partial charge on any atom is 0.220 e. The molecule has 0 radical (unpaired) electrons. The van der Waals surface area contributed by atoms with Crippen LogP contribution in [0.5, 0.6) is 0 Å². The number of hydrogen-bond acceptors (Lipinski definition) is 3. The number of aromatic amines is 1.